The Bertz CT molecular complexity index is 500. The molecule has 1 rings (SSSR count). The van der Waals surface area contributed by atoms with Crippen molar-refractivity contribution in [1.82, 2.24) is 5.32 Å². The van der Waals surface area contributed by atoms with Gasteiger partial charge in [0.25, 0.3) is 5.69 Å². The summed E-state index contributed by atoms with van der Waals surface area (Å²) in [7, 11) is 0. The summed E-state index contributed by atoms with van der Waals surface area (Å²) in [6.07, 6.45) is 0.942. The van der Waals surface area contributed by atoms with Crippen LogP contribution in [0, 0.1) is 10.1 Å². The van der Waals surface area contributed by atoms with E-state index in [0.29, 0.717) is 18.5 Å². The van der Waals surface area contributed by atoms with E-state index in [-0.39, 0.29) is 5.69 Å². The molecular formula is C12H15N3O5. The molecule has 8 heteroatoms. The molecule has 1 atom stereocenters. The molecular weight excluding hydrogens is 266 g/mol. The Balaban J connectivity index is 2.61. The lowest BCUT2D eigenvalue weighted by atomic mass is 10.2. The van der Waals surface area contributed by atoms with Gasteiger partial charge in [0.05, 0.1) is 4.92 Å². The van der Waals surface area contributed by atoms with Crippen LogP contribution in [0.3, 0.4) is 0 Å². The summed E-state index contributed by atoms with van der Waals surface area (Å²) in [6, 6.07) is 3.60. The number of nitro groups is 1. The lowest BCUT2D eigenvalue weighted by molar-refractivity contribution is -0.384. The van der Waals surface area contributed by atoms with Gasteiger partial charge >= 0.3 is 12.0 Å². The molecule has 1 aromatic carbocycles. The number of urea groups is 1. The van der Waals surface area contributed by atoms with E-state index in [1.54, 1.807) is 0 Å². The zero-order valence-electron chi connectivity index (χ0n) is 10.8. The molecule has 0 saturated heterocycles. The summed E-state index contributed by atoms with van der Waals surface area (Å²) in [5.74, 6) is -1.11. The van der Waals surface area contributed by atoms with Gasteiger partial charge in [0, 0.05) is 17.8 Å². The normalized spacial score (nSPS) is 11.4. The first-order valence-electron chi connectivity index (χ1n) is 5.98. The highest BCUT2D eigenvalue weighted by Gasteiger charge is 2.18. The molecule has 0 saturated carbocycles. The third-order valence-corrected chi connectivity index (χ3v) is 2.52. The highest BCUT2D eigenvalue weighted by atomic mass is 16.6. The first-order chi connectivity index (χ1) is 9.43. The Hall–Kier alpha value is -2.64. The number of hydrogen-bond acceptors (Lipinski definition) is 4. The van der Waals surface area contributed by atoms with Crippen LogP contribution >= 0.6 is 0 Å². The number of carboxylic acids is 1. The summed E-state index contributed by atoms with van der Waals surface area (Å²) in [4.78, 5) is 32.4. The van der Waals surface area contributed by atoms with Crippen molar-refractivity contribution in [2.24, 2.45) is 0 Å². The number of carbonyl (C=O) groups is 2. The number of rotatable bonds is 6. The molecule has 0 heterocycles. The molecule has 0 aliphatic rings. The molecule has 108 valence electrons. The number of aliphatic carboxylic acids is 1. The van der Waals surface area contributed by atoms with Crippen molar-refractivity contribution >= 4 is 23.4 Å². The first-order valence-corrected chi connectivity index (χ1v) is 5.98. The van der Waals surface area contributed by atoms with E-state index in [1.165, 1.54) is 24.3 Å². The Labute approximate surface area is 114 Å². The summed E-state index contributed by atoms with van der Waals surface area (Å²) in [5.41, 5.74) is 0.249. The second-order valence-corrected chi connectivity index (χ2v) is 4.08. The average molecular weight is 281 g/mol. The van der Waals surface area contributed by atoms with E-state index in [0.717, 1.165) is 0 Å². The minimum Gasteiger partial charge on any atom is -0.480 e. The zero-order chi connectivity index (χ0) is 15.1. The third kappa shape index (κ3) is 4.56. The minimum absolute atomic E-state index is 0.0923. The molecule has 3 N–H and O–H groups in total. The van der Waals surface area contributed by atoms with Crippen LogP contribution in [0.5, 0.6) is 0 Å². The van der Waals surface area contributed by atoms with Crippen LogP contribution in [0.4, 0.5) is 16.2 Å². The van der Waals surface area contributed by atoms with E-state index in [9.17, 15) is 19.7 Å². The number of nitrogens with one attached hydrogen (secondary N) is 2. The smallest absolute Gasteiger partial charge is 0.326 e. The number of carbonyl (C=O) groups excluding carboxylic acids is 1. The minimum atomic E-state index is -1.11. The van der Waals surface area contributed by atoms with Gasteiger partial charge in [-0.05, 0) is 18.6 Å². The van der Waals surface area contributed by atoms with Crippen molar-refractivity contribution in [2.75, 3.05) is 5.32 Å². The summed E-state index contributed by atoms with van der Waals surface area (Å²) < 4.78 is 0. The molecule has 0 unspecified atom stereocenters. The largest absolute Gasteiger partial charge is 0.480 e. The maximum absolute atomic E-state index is 11.6. The topological polar surface area (TPSA) is 122 Å². The van der Waals surface area contributed by atoms with Crippen LogP contribution in [0.15, 0.2) is 24.3 Å². The lowest BCUT2D eigenvalue weighted by Gasteiger charge is -2.14. The first kappa shape index (κ1) is 15.4. The highest BCUT2D eigenvalue weighted by Crippen LogP contribution is 2.15. The predicted molar refractivity (Wildman–Crippen MR) is 71.6 cm³/mol. The van der Waals surface area contributed by atoms with E-state index in [1.807, 2.05) is 6.92 Å². The Morgan fingerprint density at radius 2 is 1.95 bits per heavy atom. The zero-order valence-corrected chi connectivity index (χ0v) is 10.8. The van der Waals surface area contributed by atoms with Crippen LogP contribution in [0.25, 0.3) is 0 Å². The van der Waals surface area contributed by atoms with Gasteiger partial charge in [-0.3, -0.25) is 10.1 Å². The third-order valence-electron chi connectivity index (χ3n) is 2.52. The predicted octanol–water partition coefficient (Wildman–Crippen LogP) is 1.97. The van der Waals surface area contributed by atoms with Crippen molar-refractivity contribution in [1.29, 1.82) is 0 Å². The van der Waals surface area contributed by atoms with Gasteiger partial charge in [-0.1, -0.05) is 13.3 Å². The maximum atomic E-state index is 11.6. The number of non-ortho nitro benzene ring substituents is 1. The molecule has 0 fully saturated rings. The van der Waals surface area contributed by atoms with Gasteiger partial charge in [-0.15, -0.1) is 0 Å². The molecule has 2 amide bonds. The fraction of sp³-hybridized carbons (Fsp3) is 0.333. The molecule has 0 bridgehead atoms. The second kappa shape index (κ2) is 7.07. The van der Waals surface area contributed by atoms with Crippen molar-refractivity contribution in [2.45, 2.75) is 25.8 Å². The van der Waals surface area contributed by atoms with E-state index >= 15 is 0 Å². The van der Waals surface area contributed by atoms with E-state index in [2.05, 4.69) is 10.6 Å². The fourth-order valence-electron chi connectivity index (χ4n) is 1.54. The quantitative estimate of drug-likeness (QED) is 0.543. The van der Waals surface area contributed by atoms with Crippen LogP contribution in [0.2, 0.25) is 0 Å². The number of amides is 2. The SMILES string of the molecule is CCC[C@@H](NC(=O)Nc1ccc([N+](=O)[O-])cc1)C(=O)O. The molecule has 0 aliphatic carbocycles. The van der Waals surface area contributed by atoms with Gasteiger partial charge in [0.1, 0.15) is 6.04 Å². The average Bonchev–Trinajstić information content (AvgIpc) is 2.38. The Morgan fingerprint density at radius 3 is 2.40 bits per heavy atom. The summed E-state index contributed by atoms with van der Waals surface area (Å²) >= 11 is 0. The molecule has 0 aliphatic heterocycles. The van der Waals surface area contributed by atoms with Crippen LogP contribution < -0.4 is 10.6 Å². The number of nitrogens with zero attached hydrogens (tertiary/aromatic N) is 1. The maximum Gasteiger partial charge on any atom is 0.326 e. The Morgan fingerprint density at radius 1 is 1.35 bits per heavy atom. The van der Waals surface area contributed by atoms with E-state index < -0.39 is 23.0 Å². The monoisotopic (exact) mass is 281 g/mol. The molecule has 20 heavy (non-hydrogen) atoms. The highest BCUT2D eigenvalue weighted by molar-refractivity contribution is 5.92. The number of anilines is 1. The summed E-state index contributed by atoms with van der Waals surface area (Å²) in [6.45, 7) is 1.81. The number of hydrogen-bond donors (Lipinski definition) is 3. The Kier molecular flexibility index (Phi) is 5.45. The van der Waals surface area contributed by atoms with Gasteiger partial charge in [0.2, 0.25) is 0 Å². The van der Waals surface area contributed by atoms with Gasteiger partial charge in [-0.25, -0.2) is 9.59 Å². The van der Waals surface area contributed by atoms with Crippen LogP contribution in [-0.4, -0.2) is 28.1 Å². The number of carboxylic acid groups (broad SMARTS) is 1. The lowest BCUT2D eigenvalue weighted by Crippen LogP contribution is -2.42. The summed E-state index contributed by atoms with van der Waals surface area (Å²) in [5, 5.41) is 24.1. The molecule has 0 aromatic heterocycles. The molecule has 8 nitrogen and oxygen atoms in total. The van der Waals surface area contributed by atoms with Crippen molar-refractivity contribution in [3.8, 4) is 0 Å². The van der Waals surface area contributed by atoms with Crippen LogP contribution in [0.1, 0.15) is 19.8 Å². The molecule has 0 radical (unpaired) electrons. The van der Waals surface area contributed by atoms with Crippen molar-refractivity contribution in [3.05, 3.63) is 34.4 Å². The van der Waals surface area contributed by atoms with Crippen LogP contribution in [-0.2, 0) is 4.79 Å². The van der Waals surface area contributed by atoms with E-state index in [4.69, 9.17) is 5.11 Å². The number of nitro benzene ring substituents is 1. The van der Waals surface area contributed by atoms with Crippen molar-refractivity contribution < 1.29 is 19.6 Å². The standard InChI is InChI=1S/C12H15N3O5/c1-2-3-10(11(16)17)14-12(18)13-8-4-6-9(7-5-8)15(19)20/h4-7,10H,2-3H2,1H3,(H,16,17)(H2,13,14,18)/t10-/m1/s1. The molecule has 0 spiro atoms. The molecule has 1 aromatic rings. The van der Waals surface area contributed by atoms with Gasteiger partial charge < -0.3 is 15.7 Å². The second-order valence-electron chi connectivity index (χ2n) is 4.08. The number of benzene rings is 1. The van der Waals surface area contributed by atoms with Crippen molar-refractivity contribution in [3.63, 3.8) is 0 Å². The fourth-order valence-corrected chi connectivity index (χ4v) is 1.54. The van der Waals surface area contributed by atoms with Gasteiger partial charge in [0.15, 0.2) is 0 Å². The van der Waals surface area contributed by atoms with Gasteiger partial charge in [-0.2, -0.15) is 0 Å².